The Bertz CT molecular complexity index is 970. The van der Waals surface area contributed by atoms with Crippen molar-refractivity contribution in [2.75, 3.05) is 18.5 Å². The largest absolute Gasteiger partial charge is 0.486 e. The summed E-state index contributed by atoms with van der Waals surface area (Å²) in [6, 6.07) is 9.25. The first-order chi connectivity index (χ1) is 12.1. The number of anilines is 1. The highest BCUT2D eigenvalue weighted by atomic mass is 35.5. The molecule has 0 spiro atoms. The molecule has 2 heterocycles. The quantitative estimate of drug-likeness (QED) is 0.746. The van der Waals surface area contributed by atoms with Crippen molar-refractivity contribution in [1.82, 2.24) is 4.98 Å². The van der Waals surface area contributed by atoms with E-state index in [-0.39, 0.29) is 12.3 Å². The van der Waals surface area contributed by atoms with Crippen LogP contribution in [0.5, 0.6) is 11.5 Å². The van der Waals surface area contributed by atoms with Crippen LogP contribution in [-0.2, 0) is 11.2 Å². The number of amides is 1. The number of halogens is 1. The third kappa shape index (κ3) is 3.41. The number of hydrogen-bond donors (Lipinski definition) is 1. The molecule has 0 atom stereocenters. The molecule has 0 radical (unpaired) electrons. The lowest BCUT2D eigenvalue weighted by molar-refractivity contribution is -0.115. The molecule has 0 unspecified atom stereocenters. The summed E-state index contributed by atoms with van der Waals surface area (Å²) < 4.78 is 12.1. The van der Waals surface area contributed by atoms with Gasteiger partial charge in [-0.15, -0.1) is 11.3 Å². The lowest BCUT2D eigenvalue weighted by Gasteiger charge is -2.20. The van der Waals surface area contributed by atoms with Crippen LogP contribution in [0, 0.1) is 6.92 Å². The van der Waals surface area contributed by atoms with E-state index in [1.807, 2.05) is 25.1 Å². The van der Waals surface area contributed by atoms with Gasteiger partial charge in [-0.1, -0.05) is 11.6 Å². The van der Waals surface area contributed by atoms with Gasteiger partial charge in [0.15, 0.2) is 11.5 Å². The Morgan fingerprint density at radius 3 is 3.00 bits per heavy atom. The Kier molecular flexibility index (Phi) is 4.23. The van der Waals surface area contributed by atoms with Gasteiger partial charge < -0.3 is 14.8 Å². The maximum atomic E-state index is 12.4. The van der Waals surface area contributed by atoms with Crippen molar-refractivity contribution < 1.29 is 14.3 Å². The van der Waals surface area contributed by atoms with Gasteiger partial charge in [-0.05, 0) is 42.8 Å². The topological polar surface area (TPSA) is 60.5 Å². The highest BCUT2D eigenvalue weighted by Crippen LogP contribution is 2.38. The molecule has 1 N–H and O–H groups in total. The molecule has 25 heavy (non-hydrogen) atoms. The summed E-state index contributed by atoms with van der Waals surface area (Å²) in [6.07, 6.45) is 0.204. The Morgan fingerprint density at radius 2 is 2.12 bits per heavy atom. The van der Waals surface area contributed by atoms with Gasteiger partial charge >= 0.3 is 0 Å². The van der Waals surface area contributed by atoms with E-state index in [1.165, 1.54) is 0 Å². The third-order valence-electron chi connectivity index (χ3n) is 3.80. The summed E-state index contributed by atoms with van der Waals surface area (Å²) in [5.41, 5.74) is 2.48. The normalized spacial score (nSPS) is 13.0. The molecule has 1 aliphatic heterocycles. The van der Waals surface area contributed by atoms with Crippen molar-refractivity contribution in [3.8, 4) is 11.5 Å². The second-order valence-corrected chi connectivity index (χ2v) is 7.38. The van der Waals surface area contributed by atoms with Gasteiger partial charge in [-0.25, -0.2) is 4.98 Å². The molecule has 128 valence electrons. The molecule has 3 aromatic rings. The van der Waals surface area contributed by atoms with Gasteiger partial charge in [-0.2, -0.15) is 0 Å². The minimum Gasteiger partial charge on any atom is -0.486 e. The minimum absolute atomic E-state index is 0.117. The predicted octanol–water partition coefficient (Wildman–Crippen LogP) is 4.21. The van der Waals surface area contributed by atoms with Gasteiger partial charge in [0, 0.05) is 5.69 Å². The fourth-order valence-electron chi connectivity index (χ4n) is 2.77. The highest BCUT2D eigenvalue weighted by molar-refractivity contribution is 7.18. The van der Waals surface area contributed by atoms with E-state index in [0.717, 1.165) is 26.5 Å². The molecule has 0 fully saturated rings. The average molecular weight is 375 g/mol. The number of fused-ring (bicyclic) bond motifs is 2. The van der Waals surface area contributed by atoms with E-state index in [2.05, 4.69) is 10.3 Å². The number of nitrogens with one attached hydrogen (secondary N) is 1. The molecule has 1 amide bonds. The van der Waals surface area contributed by atoms with Gasteiger partial charge in [0.1, 0.15) is 13.2 Å². The monoisotopic (exact) mass is 374 g/mol. The third-order valence-corrected chi connectivity index (χ3v) is 5.01. The maximum Gasteiger partial charge on any atom is 0.228 e. The van der Waals surface area contributed by atoms with Crippen molar-refractivity contribution in [1.29, 1.82) is 0 Å². The van der Waals surface area contributed by atoms with E-state index >= 15 is 0 Å². The van der Waals surface area contributed by atoms with E-state index in [4.69, 9.17) is 21.1 Å². The SMILES string of the molecule is Cc1nc2ccc(NC(=O)Cc3cc(Cl)c4c(c3)OCCO4)cc2s1. The molecule has 0 saturated heterocycles. The summed E-state index contributed by atoms with van der Waals surface area (Å²) in [4.78, 5) is 16.8. The number of aromatic nitrogens is 1. The van der Waals surface area contributed by atoms with Crippen LogP contribution in [0.1, 0.15) is 10.6 Å². The standard InChI is InChI=1S/C18H15ClN2O3S/c1-10-20-14-3-2-12(9-16(14)25-10)21-17(22)8-11-6-13(19)18-15(7-11)23-4-5-24-18/h2-3,6-7,9H,4-5,8H2,1H3,(H,21,22). The lowest BCUT2D eigenvalue weighted by atomic mass is 10.1. The summed E-state index contributed by atoms with van der Waals surface area (Å²) in [6.45, 7) is 2.92. The number of nitrogens with zero attached hydrogens (tertiary/aromatic N) is 1. The number of hydrogen-bond acceptors (Lipinski definition) is 5. The van der Waals surface area contributed by atoms with Crippen LogP contribution in [0.4, 0.5) is 5.69 Å². The number of thiazole rings is 1. The zero-order valence-corrected chi connectivity index (χ0v) is 15.0. The van der Waals surface area contributed by atoms with E-state index < -0.39 is 0 Å². The zero-order valence-electron chi connectivity index (χ0n) is 13.5. The second-order valence-electron chi connectivity index (χ2n) is 5.74. The van der Waals surface area contributed by atoms with Crippen LogP contribution < -0.4 is 14.8 Å². The van der Waals surface area contributed by atoms with Gasteiger partial charge in [0.2, 0.25) is 5.91 Å². The van der Waals surface area contributed by atoms with Crippen LogP contribution in [0.15, 0.2) is 30.3 Å². The first kappa shape index (κ1) is 16.2. The van der Waals surface area contributed by atoms with Crippen LogP contribution in [-0.4, -0.2) is 24.1 Å². The van der Waals surface area contributed by atoms with Crippen molar-refractivity contribution in [2.45, 2.75) is 13.3 Å². The molecule has 2 aromatic carbocycles. The maximum absolute atomic E-state index is 12.4. The molecule has 0 bridgehead atoms. The highest BCUT2D eigenvalue weighted by Gasteiger charge is 2.17. The molecule has 0 saturated carbocycles. The number of carbonyl (C=O) groups is 1. The number of ether oxygens (including phenoxy) is 2. The second kappa shape index (κ2) is 6.54. The van der Waals surface area contributed by atoms with Crippen LogP contribution in [0.25, 0.3) is 10.2 Å². The summed E-state index contributed by atoms with van der Waals surface area (Å²) in [5, 5.41) is 4.38. The van der Waals surface area contributed by atoms with Crippen molar-refractivity contribution in [3.05, 3.63) is 45.9 Å². The molecule has 1 aromatic heterocycles. The molecule has 4 rings (SSSR count). The number of benzene rings is 2. The molecule has 0 aliphatic carbocycles. The fourth-order valence-corrected chi connectivity index (χ4v) is 3.93. The Labute approximate surface area is 153 Å². The molecular formula is C18H15ClN2O3S. The number of carbonyl (C=O) groups excluding carboxylic acids is 1. The molecule has 1 aliphatic rings. The van der Waals surface area contributed by atoms with Crippen molar-refractivity contribution >= 4 is 44.7 Å². The summed E-state index contributed by atoms with van der Waals surface area (Å²) >= 11 is 7.82. The number of aryl methyl sites for hydroxylation is 1. The van der Waals surface area contributed by atoms with Gasteiger partial charge in [-0.3, -0.25) is 4.79 Å². The Balaban J connectivity index is 1.50. The van der Waals surface area contributed by atoms with Crippen molar-refractivity contribution in [3.63, 3.8) is 0 Å². The van der Waals surface area contributed by atoms with Gasteiger partial charge in [0.25, 0.3) is 0 Å². The van der Waals surface area contributed by atoms with E-state index in [1.54, 1.807) is 23.5 Å². The first-order valence-corrected chi connectivity index (χ1v) is 9.03. The van der Waals surface area contributed by atoms with Gasteiger partial charge in [0.05, 0.1) is 26.7 Å². The zero-order chi connectivity index (χ0) is 17.4. The molecular weight excluding hydrogens is 360 g/mol. The van der Waals surface area contributed by atoms with Crippen LogP contribution in [0.3, 0.4) is 0 Å². The van der Waals surface area contributed by atoms with Crippen LogP contribution >= 0.6 is 22.9 Å². The van der Waals surface area contributed by atoms with E-state index in [0.29, 0.717) is 29.7 Å². The summed E-state index contributed by atoms with van der Waals surface area (Å²) in [7, 11) is 0. The van der Waals surface area contributed by atoms with Crippen molar-refractivity contribution in [2.24, 2.45) is 0 Å². The predicted molar refractivity (Wildman–Crippen MR) is 99.1 cm³/mol. The van der Waals surface area contributed by atoms with E-state index in [9.17, 15) is 4.79 Å². The average Bonchev–Trinajstić information content (AvgIpc) is 2.94. The Morgan fingerprint density at radius 1 is 1.28 bits per heavy atom. The minimum atomic E-state index is -0.117. The smallest absolute Gasteiger partial charge is 0.228 e. The molecule has 5 nitrogen and oxygen atoms in total. The van der Waals surface area contributed by atoms with Crippen LogP contribution in [0.2, 0.25) is 5.02 Å². The number of rotatable bonds is 3. The summed E-state index contributed by atoms with van der Waals surface area (Å²) in [5.74, 6) is 1.01. The Hall–Kier alpha value is -2.31. The molecule has 7 heteroatoms. The fraction of sp³-hybridized carbons (Fsp3) is 0.222. The lowest BCUT2D eigenvalue weighted by Crippen LogP contribution is -2.17. The first-order valence-electron chi connectivity index (χ1n) is 7.83.